The molecular formula is C11H19N5S. The summed E-state index contributed by atoms with van der Waals surface area (Å²) in [5, 5.41) is 0.757. The second-order valence-corrected chi connectivity index (χ2v) is 5.23. The zero-order valence-corrected chi connectivity index (χ0v) is 11.0. The molecule has 5 nitrogen and oxygen atoms in total. The van der Waals surface area contributed by atoms with Crippen molar-refractivity contribution in [3.8, 4) is 0 Å². The molecule has 94 valence electrons. The van der Waals surface area contributed by atoms with Crippen molar-refractivity contribution < 1.29 is 0 Å². The zero-order chi connectivity index (χ0) is 12.1. The van der Waals surface area contributed by atoms with Crippen LogP contribution in [0.4, 0.5) is 11.9 Å². The molecule has 2 heterocycles. The first-order valence-electron chi connectivity index (χ1n) is 6.19. The summed E-state index contributed by atoms with van der Waals surface area (Å²) in [6.07, 6.45) is 4.79. The molecule has 1 aromatic heterocycles. The van der Waals surface area contributed by atoms with Crippen molar-refractivity contribution in [1.29, 1.82) is 0 Å². The molecule has 0 bridgehead atoms. The van der Waals surface area contributed by atoms with Crippen LogP contribution in [0.5, 0.6) is 0 Å². The predicted molar refractivity (Wildman–Crippen MR) is 71.3 cm³/mol. The number of anilines is 2. The lowest BCUT2D eigenvalue weighted by atomic mass is 10.4. The lowest BCUT2D eigenvalue weighted by Gasteiger charge is -2.15. The first kappa shape index (κ1) is 12.4. The molecule has 2 N–H and O–H groups in total. The molecule has 0 unspecified atom stereocenters. The Kier molecular flexibility index (Phi) is 4.42. The molecule has 1 saturated heterocycles. The number of thioether (sulfide) groups is 1. The largest absolute Gasteiger partial charge is 0.368 e. The Hall–Kier alpha value is -1.04. The molecular weight excluding hydrogens is 234 g/mol. The molecule has 0 radical (unpaired) electrons. The number of hydrogen-bond acceptors (Lipinski definition) is 6. The van der Waals surface area contributed by atoms with E-state index in [1.54, 1.807) is 11.8 Å². The van der Waals surface area contributed by atoms with Crippen LogP contribution >= 0.6 is 11.8 Å². The summed E-state index contributed by atoms with van der Waals surface area (Å²) in [5.41, 5.74) is 5.73. The normalized spacial score (nSPS) is 15.5. The maximum Gasteiger partial charge on any atom is 0.231 e. The Balaban J connectivity index is 2.05. The highest BCUT2D eigenvalue weighted by molar-refractivity contribution is 7.99. The topological polar surface area (TPSA) is 67.9 Å². The number of aromatic nitrogens is 3. The lowest BCUT2D eigenvalue weighted by molar-refractivity contribution is 0.830. The summed E-state index contributed by atoms with van der Waals surface area (Å²) < 4.78 is 0. The quantitative estimate of drug-likeness (QED) is 0.639. The van der Waals surface area contributed by atoms with E-state index in [1.807, 2.05) is 0 Å². The Morgan fingerprint density at radius 1 is 1.24 bits per heavy atom. The minimum Gasteiger partial charge on any atom is -0.368 e. The number of nitrogens with two attached hydrogens (primary N) is 1. The van der Waals surface area contributed by atoms with Crippen LogP contribution in [0.15, 0.2) is 5.16 Å². The molecule has 1 aliphatic heterocycles. The highest BCUT2D eigenvalue weighted by Crippen LogP contribution is 2.21. The van der Waals surface area contributed by atoms with E-state index in [1.165, 1.54) is 25.7 Å². The van der Waals surface area contributed by atoms with Crippen molar-refractivity contribution in [1.82, 2.24) is 15.0 Å². The van der Waals surface area contributed by atoms with Gasteiger partial charge in [0.15, 0.2) is 5.16 Å². The van der Waals surface area contributed by atoms with E-state index in [0.717, 1.165) is 29.9 Å². The second kappa shape index (κ2) is 6.05. The molecule has 6 heteroatoms. The fourth-order valence-corrected chi connectivity index (χ4v) is 2.71. The maximum absolute atomic E-state index is 5.73. The molecule has 0 amide bonds. The summed E-state index contributed by atoms with van der Waals surface area (Å²) >= 11 is 1.66. The van der Waals surface area contributed by atoms with Crippen molar-refractivity contribution in [2.75, 3.05) is 29.5 Å². The molecule has 0 aromatic carbocycles. The summed E-state index contributed by atoms with van der Waals surface area (Å²) in [7, 11) is 0. The molecule has 0 atom stereocenters. The van der Waals surface area contributed by atoms with Gasteiger partial charge in [-0.1, -0.05) is 25.1 Å². The third-order valence-corrected chi connectivity index (χ3v) is 3.67. The molecule has 1 aliphatic rings. The van der Waals surface area contributed by atoms with E-state index in [4.69, 9.17) is 5.73 Å². The molecule has 1 fully saturated rings. The zero-order valence-electron chi connectivity index (χ0n) is 10.2. The van der Waals surface area contributed by atoms with Crippen molar-refractivity contribution in [3.63, 3.8) is 0 Å². The number of nitrogens with zero attached hydrogens (tertiary/aromatic N) is 4. The Labute approximate surface area is 106 Å². The summed E-state index contributed by atoms with van der Waals surface area (Å²) in [4.78, 5) is 15.0. The van der Waals surface area contributed by atoms with E-state index in [0.29, 0.717) is 5.95 Å². The van der Waals surface area contributed by atoms with E-state index >= 15 is 0 Å². The second-order valence-electron chi connectivity index (χ2n) is 4.17. The van der Waals surface area contributed by atoms with Gasteiger partial charge in [0.1, 0.15) is 0 Å². The SMILES string of the molecule is CCCCSc1nc(N)nc(N2CCCC2)n1. The van der Waals surface area contributed by atoms with Gasteiger partial charge in [-0.15, -0.1) is 0 Å². The minimum absolute atomic E-state index is 0.334. The highest BCUT2D eigenvalue weighted by atomic mass is 32.2. The van der Waals surface area contributed by atoms with Crippen molar-refractivity contribution in [3.05, 3.63) is 0 Å². The standard InChI is InChI=1S/C11H19N5S/c1-2-3-8-17-11-14-9(12)13-10(15-11)16-6-4-5-7-16/h2-8H2,1H3,(H2,12,13,14,15). The molecule has 0 aliphatic carbocycles. The average Bonchev–Trinajstić information content (AvgIpc) is 2.82. The van der Waals surface area contributed by atoms with E-state index in [9.17, 15) is 0 Å². The Morgan fingerprint density at radius 2 is 2.00 bits per heavy atom. The van der Waals surface area contributed by atoms with Gasteiger partial charge < -0.3 is 10.6 Å². The minimum atomic E-state index is 0.334. The van der Waals surface area contributed by atoms with Crippen molar-refractivity contribution in [2.45, 2.75) is 37.8 Å². The maximum atomic E-state index is 5.73. The van der Waals surface area contributed by atoms with E-state index in [2.05, 4.69) is 26.8 Å². The van der Waals surface area contributed by atoms with Crippen LogP contribution in [-0.4, -0.2) is 33.8 Å². The molecule has 0 spiro atoms. The van der Waals surface area contributed by atoms with Crippen LogP contribution in [0.2, 0.25) is 0 Å². The third-order valence-electron chi connectivity index (χ3n) is 2.74. The van der Waals surface area contributed by atoms with Crippen LogP contribution in [0.3, 0.4) is 0 Å². The highest BCUT2D eigenvalue weighted by Gasteiger charge is 2.16. The van der Waals surface area contributed by atoms with Gasteiger partial charge in [-0.2, -0.15) is 15.0 Å². The number of hydrogen-bond donors (Lipinski definition) is 1. The van der Waals surface area contributed by atoms with Crippen LogP contribution in [0.25, 0.3) is 0 Å². The monoisotopic (exact) mass is 253 g/mol. The molecule has 1 aromatic rings. The van der Waals surface area contributed by atoms with Gasteiger partial charge in [0.05, 0.1) is 0 Å². The first-order valence-corrected chi connectivity index (χ1v) is 7.17. The number of nitrogen functional groups attached to an aromatic ring is 1. The van der Waals surface area contributed by atoms with Gasteiger partial charge in [-0.25, -0.2) is 0 Å². The Morgan fingerprint density at radius 3 is 2.71 bits per heavy atom. The number of rotatable bonds is 5. The summed E-state index contributed by atoms with van der Waals surface area (Å²) in [6, 6.07) is 0. The fourth-order valence-electron chi connectivity index (χ4n) is 1.79. The Bertz CT molecular complexity index is 365. The van der Waals surface area contributed by atoms with Crippen molar-refractivity contribution in [2.24, 2.45) is 0 Å². The third kappa shape index (κ3) is 3.46. The van der Waals surface area contributed by atoms with Gasteiger partial charge >= 0.3 is 0 Å². The molecule has 0 saturated carbocycles. The van der Waals surface area contributed by atoms with E-state index in [-0.39, 0.29) is 0 Å². The van der Waals surface area contributed by atoms with Gasteiger partial charge in [0, 0.05) is 18.8 Å². The predicted octanol–water partition coefficient (Wildman–Crippen LogP) is 1.95. The summed E-state index contributed by atoms with van der Waals surface area (Å²) in [5.74, 6) is 2.12. The van der Waals surface area contributed by atoms with E-state index < -0.39 is 0 Å². The van der Waals surface area contributed by atoms with Crippen LogP contribution in [0, 0.1) is 0 Å². The van der Waals surface area contributed by atoms with Gasteiger partial charge in [0.2, 0.25) is 11.9 Å². The van der Waals surface area contributed by atoms with Gasteiger partial charge in [-0.05, 0) is 19.3 Å². The van der Waals surface area contributed by atoms with Gasteiger partial charge in [-0.3, -0.25) is 0 Å². The first-order chi connectivity index (χ1) is 8.29. The van der Waals surface area contributed by atoms with Crippen LogP contribution in [0.1, 0.15) is 32.6 Å². The summed E-state index contributed by atoms with van der Waals surface area (Å²) in [6.45, 7) is 4.24. The van der Waals surface area contributed by atoms with Crippen LogP contribution in [-0.2, 0) is 0 Å². The number of unbranched alkanes of at least 4 members (excludes halogenated alkanes) is 1. The average molecular weight is 253 g/mol. The molecule has 2 rings (SSSR count). The van der Waals surface area contributed by atoms with Crippen molar-refractivity contribution >= 4 is 23.7 Å². The van der Waals surface area contributed by atoms with Crippen LogP contribution < -0.4 is 10.6 Å². The fraction of sp³-hybridized carbons (Fsp3) is 0.727. The smallest absolute Gasteiger partial charge is 0.231 e. The molecule has 17 heavy (non-hydrogen) atoms. The lowest BCUT2D eigenvalue weighted by Crippen LogP contribution is -2.21. The van der Waals surface area contributed by atoms with Gasteiger partial charge in [0.25, 0.3) is 0 Å².